The van der Waals surface area contributed by atoms with E-state index < -0.39 is 17.3 Å². The number of fused-ring (bicyclic) bond motifs is 1. The summed E-state index contributed by atoms with van der Waals surface area (Å²) < 4.78 is 4.76. The highest BCUT2D eigenvalue weighted by molar-refractivity contribution is 5.97. The number of amides is 3. The van der Waals surface area contributed by atoms with Crippen molar-refractivity contribution in [2.45, 2.75) is 63.5 Å². The smallest absolute Gasteiger partial charge is 0.408 e. The number of hydroxylamine groups is 1. The number of nitrogens with zero attached hydrogens (tertiary/aromatic N) is 1. The number of oxazole rings is 1. The van der Waals surface area contributed by atoms with Crippen LogP contribution in [-0.2, 0) is 14.4 Å². The number of hydrogen-bond donors (Lipinski definition) is 4. The third-order valence-corrected chi connectivity index (χ3v) is 8.53. The summed E-state index contributed by atoms with van der Waals surface area (Å²) in [5, 5.41) is 6.13. The van der Waals surface area contributed by atoms with Gasteiger partial charge in [-0.15, -0.1) is 0 Å². The van der Waals surface area contributed by atoms with Crippen LogP contribution in [0.1, 0.15) is 56.1 Å². The molecule has 4 N–H and O–H groups in total. The molecule has 1 aliphatic carbocycles. The molecule has 2 heterocycles. The summed E-state index contributed by atoms with van der Waals surface area (Å²) in [4.78, 5) is 59.9. The summed E-state index contributed by atoms with van der Waals surface area (Å²) in [6.07, 6.45) is 10.3. The topological polar surface area (TPSA) is 146 Å². The number of benzene rings is 3. The standard InChI is InChI=1S/C30H38N4O4.C7H5NO2.3H2/c1-2-3-4-5-8-14-23-21-30(23,29(37)33-38-25-17-11-7-12-18-25)32-28(36)26-19-13-20-34(26)27(35)22-31-24-15-9-6-10-16-24;9-7-8-5-3-1-2-4-6(5)10-7;;;/h6-12,14-18,23,26,31H,2-5,13,19-22H2,1H3,(H,32,36)(H,33,37);1-4H,(H,8,9);3*1H/b14-8-;;;;/t23-,26+,30-;;;;/m1..../s1. The van der Waals surface area contributed by atoms with Gasteiger partial charge in [-0.2, -0.15) is 5.48 Å². The second-order valence-corrected chi connectivity index (χ2v) is 12.0. The molecule has 1 saturated heterocycles. The van der Waals surface area contributed by atoms with E-state index in [4.69, 9.17) is 9.25 Å². The molecule has 2 aliphatic rings. The lowest BCUT2D eigenvalue weighted by Crippen LogP contribution is -2.56. The Morgan fingerprint density at radius 3 is 2.50 bits per heavy atom. The number of carbonyl (C=O) groups is 3. The molecule has 11 nitrogen and oxygen atoms in total. The van der Waals surface area contributed by atoms with E-state index in [1.54, 1.807) is 29.2 Å². The lowest BCUT2D eigenvalue weighted by Gasteiger charge is -2.27. The van der Waals surface area contributed by atoms with Crippen molar-refractivity contribution in [1.29, 1.82) is 0 Å². The summed E-state index contributed by atoms with van der Waals surface area (Å²) >= 11 is 0. The first-order chi connectivity index (χ1) is 23.4. The third kappa shape index (κ3) is 8.93. The number of anilines is 1. The zero-order valence-electron chi connectivity index (χ0n) is 27.2. The molecule has 6 rings (SSSR count). The number of allylic oxidation sites excluding steroid dienone is 1. The van der Waals surface area contributed by atoms with Crippen molar-refractivity contribution in [2.75, 3.05) is 18.4 Å². The molecule has 48 heavy (non-hydrogen) atoms. The summed E-state index contributed by atoms with van der Waals surface area (Å²) in [5.74, 6) is -0.848. The molecular weight excluding hydrogens is 610 g/mol. The van der Waals surface area contributed by atoms with Gasteiger partial charge in [0, 0.05) is 22.4 Å². The minimum atomic E-state index is -1.09. The average Bonchev–Trinajstić information content (AvgIpc) is 3.40. The predicted molar refractivity (Wildman–Crippen MR) is 190 cm³/mol. The van der Waals surface area contributed by atoms with Gasteiger partial charge in [-0.3, -0.25) is 19.4 Å². The number of rotatable bonds is 13. The molecular formula is C37H49N5O6. The number of carbonyl (C=O) groups excluding carboxylic acids is 3. The molecule has 2 fully saturated rings. The first kappa shape index (κ1) is 34.0. The lowest BCUT2D eigenvalue weighted by molar-refractivity contribution is -0.140. The predicted octanol–water partition coefficient (Wildman–Crippen LogP) is 6.07. The molecule has 0 spiro atoms. The van der Waals surface area contributed by atoms with E-state index in [0.717, 1.165) is 43.3 Å². The second kappa shape index (κ2) is 16.5. The van der Waals surface area contributed by atoms with E-state index in [9.17, 15) is 19.2 Å². The Bertz CT molecular complexity index is 1720. The van der Waals surface area contributed by atoms with Crippen LogP contribution < -0.4 is 26.7 Å². The van der Waals surface area contributed by atoms with E-state index in [0.29, 0.717) is 30.7 Å². The molecule has 0 bridgehead atoms. The van der Waals surface area contributed by atoms with E-state index in [1.807, 2.05) is 66.7 Å². The van der Waals surface area contributed by atoms with E-state index in [1.165, 1.54) is 0 Å². The molecule has 1 aromatic heterocycles. The fourth-order valence-corrected chi connectivity index (χ4v) is 5.81. The van der Waals surface area contributed by atoms with Gasteiger partial charge in [0.2, 0.25) is 11.8 Å². The Labute approximate surface area is 284 Å². The Morgan fingerprint density at radius 2 is 1.75 bits per heavy atom. The first-order valence-corrected chi connectivity index (χ1v) is 16.6. The number of H-pyrrole nitrogens is 1. The van der Waals surface area contributed by atoms with Gasteiger partial charge in [-0.1, -0.05) is 80.4 Å². The third-order valence-electron chi connectivity index (χ3n) is 8.53. The molecule has 3 aromatic carbocycles. The molecule has 3 amide bonds. The maximum absolute atomic E-state index is 13.5. The largest absolute Gasteiger partial charge is 0.417 e. The maximum Gasteiger partial charge on any atom is 0.417 e. The maximum atomic E-state index is 13.5. The fourth-order valence-electron chi connectivity index (χ4n) is 5.81. The molecule has 11 heteroatoms. The molecule has 0 unspecified atom stereocenters. The van der Waals surface area contributed by atoms with Crippen molar-refractivity contribution in [3.8, 4) is 5.75 Å². The highest BCUT2D eigenvalue weighted by atomic mass is 16.7. The average molecular weight is 660 g/mol. The second-order valence-electron chi connectivity index (χ2n) is 12.0. The van der Waals surface area contributed by atoms with E-state index in [-0.39, 0.29) is 34.5 Å². The minimum Gasteiger partial charge on any atom is -0.408 e. The highest BCUT2D eigenvalue weighted by Crippen LogP contribution is 2.45. The van der Waals surface area contributed by atoms with Crippen molar-refractivity contribution in [3.05, 3.63) is 108 Å². The molecule has 1 saturated carbocycles. The van der Waals surface area contributed by atoms with Crippen LogP contribution in [0.2, 0.25) is 0 Å². The zero-order valence-corrected chi connectivity index (χ0v) is 27.2. The minimum absolute atomic E-state index is 0. The van der Waals surface area contributed by atoms with Gasteiger partial charge >= 0.3 is 5.76 Å². The van der Waals surface area contributed by atoms with Crippen molar-refractivity contribution in [1.82, 2.24) is 20.7 Å². The fraction of sp³-hybridized carbons (Fsp3) is 0.351. The van der Waals surface area contributed by atoms with Crippen LogP contribution in [-0.4, -0.2) is 52.3 Å². The van der Waals surface area contributed by atoms with Crippen LogP contribution in [0.5, 0.6) is 5.75 Å². The molecule has 3 atom stereocenters. The zero-order chi connectivity index (χ0) is 33.8. The van der Waals surface area contributed by atoms with Gasteiger partial charge in [0.15, 0.2) is 11.3 Å². The van der Waals surface area contributed by atoms with Gasteiger partial charge in [0.05, 0.1) is 12.1 Å². The quantitative estimate of drug-likeness (QED) is 0.0774. The Kier molecular flexibility index (Phi) is 11.7. The normalized spacial score (nSPS) is 19.7. The number of unbranched alkanes of at least 4 members (excludes halogenated alkanes) is 3. The highest BCUT2D eigenvalue weighted by Gasteiger charge is 2.61. The number of aromatic nitrogens is 1. The van der Waals surface area contributed by atoms with E-state index in [2.05, 4.69) is 34.1 Å². The molecule has 258 valence electrons. The van der Waals surface area contributed by atoms with Gasteiger partial charge < -0.3 is 24.8 Å². The summed E-state index contributed by atoms with van der Waals surface area (Å²) in [7, 11) is 0. The molecule has 1 aliphatic heterocycles. The van der Waals surface area contributed by atoms with Crippen molar-refractivity contribution >= 4 is 34.5 Å². The van der Waals surface area contributed by atoms with Crippen LogP contribution in [0.15, 0.2) is 106 Å². The van der Waals surface area contributed by atoms with E-state index >= 15 is 0 Å². The number of hydrogen-bond acceptors (Lipinski definition) is 7. The Balaban J connectivity index is 0.000000593. The van der Waals surface area contributed by atoms with Crippen LogP contribution >= 0.6 is 0 Å². The van der Waals surface area contributed by atoms with Crippen LogP contribution in [0, 0.1) is 5.92 Å². The summed E-state index contributed by atoms with van der Waals surface area (Å²) in [6.45, 7) is 2.79. The van der Waals surface area contributed by atoms with Crippen LogP contribution in [0.4, 0.5) is 5.69 Å². The van der Waals surface area contributed by atoms with Gasteiger partial charge in [-0.05, 0) is 68.5 Å². The van der Waals surface area contributed by atoms with Crippen LogP contribution in [0.25, 0.3) is 11.1 Å². The van der Waals surface area contributed by atoms with Gasteiger partial charge in [0.25, 0.3) is 5.91 Å². The number of likely N-dealkylation sites (tertiary alicyclic amines) is 1. The first-order valence-electron chi connectivity index (χ1n) is 16.6. The number of nitrogens with one attached hydrogen (secondary N) is 4. The van der Waals surface area contributed by atoms with Crippen molar-refractivity contribution in [2.24, 2.45) is 5.92 Å². The van der Waals surface area contributed by atoms with Crippen molar-refractivity contribution < 1.29 is 27.9 Å². The summed E-state index contributed by atoms with van der Waals surface area (Å²) in [5.41, 5.74) is 3.64. The monoisotopic (exact) mass is 659 g/mol. The number of para-hydroxylation sites is 4. The lowest BCUT2D eigenvalue weighted by atomic mass is 10.1. The molecule has 0 radical (unpaired) electrons. The van der Waals surface area contributed by atoms with Crippen molar-refractivity contribution in [3.63, 3.8) is 0 Å². The van der Waals surface area contributed by atoms with Gasteiger partial charge in [0.1, 0.15) is 11.6 Å². The SMILES string of the molecule is CCCCC/C=C\[C@@H]1C[C@]1(NC(=O)[C@@H]1CCCN1C(=O)CNc1ccccc1)C(=O)NOc1ccccc1.O=c1[nH]c2ccccc2o1.[HH].[HH].[HH]. The van der Waals surface area contributed by atoms with Gasteiger partial charge in [-0.25, -0.2) is 4.79 Å². The summed E-state index contributed by atoms with van der Waals surface area (Å²) in [6, 6.07) is 25.1. The number of aromatic amines is 1. The molecule has 4 aromatic rings. The Hall–Kier alpha value is -5.32. The van der Waals surface area contributed by atoms with Crippen LogP contribution in [0.3, 0.4) is 0 Å². The Morgan fingerprint density at radius 1 is 1.02 bits per heavy atom.